The number of likely N-dealkylation sites (tertiary alicyclic amines) is 1. The number of allylic oxidation sites excluding steroid dienone is 2. The minimum atomic E-state index is -0.650. The van der Waals surface area contributed by atoms with Gasteiger partial charge in [0.25, 0.3) is 0 Å². The van der Waals surface area contributed by atoms with E-state index in [-0.39, 0.29) is 24.4 Å². The predicted octanol–water partition coefficient (Wildman–Crippen LogP) is -0.210. The highest BCUT2D eigenvalue weighted by molar-refractivity contribution is 5.04. The number of aliphatic hydroxyl groups excluding tert-OH is 2. The van der Waals surface area contributed by atoms with Gasteiger partial charge in [-0.25, -0.2) is 15.3 Å². The molecule has 0 aromatic carbocycles. The Hall–Kier alpha value is -0.540. The second-order valence-corrected chi connectivity index (χ2v) is 7.39. The molecule has 2 heterocycles. The normalized spacial score (nSPS) is 46.4. The maximum absolute atomic E-state index is 10.7. The Kier molecular flexibility index (Phi) is 4.44. The van der Waals surface area contributed by atoms with Crippen LogP contribution in [0.3, 0.4) is 0 Å². The number of aliphatic hydroxyl groups is 2. The Morgan fingerprint density at radius 3 is 2.17 bits per heavy atom. The van der Waals surface area contributed by atoms with Gasteiger partial charge in [0.15, 0.2) is 0 Å². The van der Waals surface area contributed by atoms with Crippen LogP contribution in [-0.4, -0.2) is 51.2 Å². The molecule has 6 unspecified atom stereocenters. The van der Waals surface area contributed by atoms with Crippen LogP contribution in [0.15, 0.2) is 12.2 Å². The summed E-state index contributed by atoms with van der Waals surface area (Å²) in [6, 6.07) is 0.428. The van der Waals surface area contributed by atoms with Crippen LogP contribution in [0.1, 0.15) is 44.9 Å². The molecule has 4 aliphatic rings. The molecule has 6 atom stereocenters. The lowest BCUT2D eigenvalue weighted by molar-refractivity contribution is -0.107. The minimum absolute atomic E-state index is 0.0959. The molecule has 0 aromatic rings. The van der Waals surface area contributed by atoms with Gasteiger partial charge in [0.05, 0.1) is 0 Å². The molecule has 23 heavy (non-hydrogen) atoms. The fraction of sp³-hybridized carbons (Fsp3) is 0.875. The largest absolute Gasteiger partial charge is 0.378 e. The van der Waals surface area contributed by atoms with Crippen LogP contribution >= 0.6 is 0 Å². The third kappa shape index (κ3) is 2.74. The van der Waals surface area contributed by atoms with E-state index in [1.807, 2.05) is 0 Å². The Morgan fingerprint density at radius 2 is 1.57 bits per heavy atom. The van der Waals surface area contributed by atoms with Gasteiger partial charge in [0.1, 0.15) is 25.0 Å². The molecule has 2 aliphatic heterocycles. The van der Waals surface area contributed by atoms with E-state index in [4.69, 9.17) is 5.73 Å². The van der Waals surface area contributed by atoms with Crippen molar-refractivity contribution in [1.82, 2.24) is 20.7 Å². The lowest BCUT2D eigenvalue weighted by atomic mass is 9.84. The lowest BCUT2D eigenvalue weighted by Crippen LogP contribution is -2.56. The van der Waals surface area contributed by atoms with Crippen molar-refractivity contribution >= 4 is 0 Å². The molecule has 0 amide bonds. The highest BCUT2D eigenvalue weighted by atomic mass is 16.3. The first-order valence-corrected chi connectivity index (χ1v) is 9.01. The second-order valence-electron chi connectivity index (χ2n) is 7.39. The van der Waals surface area contributed by atoms with Gasteiger partial charge in [0, 0.05) is 17.9 Å². The summed E-state index contributed by atoms with van der Waals surface area (Å²) in [7, 11) is 0. The van der Waals surface area contributed by atoms with Gasteiger partial charge in [-0.05, 0) is 25.7 Å². The molecule has 7 nitrogen and oxygen atoms in total. The molecule has 2 aliphatic carbocycles. The molecule has 0 spiro atoms. The van der Waals surface area contributed by atoms with Gasteiger partial charge >= 0.3 is 0 Å². The van der Waals surface area contributed by atoms with Crippen LogP contribution in [0.5, 0.6) is 0 Å². The fourth-order valence-electron chi connectivity index (χ4n) is 4.79. The molecule has 4 rings (SSSR count). The average molecular weight is 323 g/mol. The van der Waals surface area contributed by atoms with Crippen molar-refractivity contribution in [2.45, 2.75) is 76.0 Å². The predicted molar refractivity (Wildman–Crippen MR) is 86.0 cm³/mol. The molecular formula is C16H29N5O2. The van der Waals surface area contributed by atoms with E-state index in [1.165, 1.54) is 19.3 Å². The van der Waals surface area contributed by atoms with E-state index >= 15 is 0 Å². The zero-order valence-electron chi connectivity index (χ0n) is 13.5. The maximum Gasteiger partial charge on any atom is 0.133 e. The highest BCUT2D eigenvalue weighted by Gasteiger charge is 2.52. The molecule has 130 valence electrons. The summed E-state index contributed by atoms with van der Waals surface area (Å²) < 4.78 is 0. The van der Waals surface area contributed by atoms with E-state index in [1.54, 1.807) is 4.90 Å². The Morgan fingerprint density at radius 1 is 0.957 bits per heavy atom. The molecule has 3 fully saturated rings. The zero-order valence-corrected chi connectivity index (χ0v) is 13.5. The molecule has 0 radical (unpaired) electrons. The molecule has 6 N–H and O–H groups in total. The van der Waals surface area contributed by atoms with E-state index in [0.717, 1.165) is 25.7 Å². The topological polar surface area (TPSA) is 97.0 Å². The quantitative estimate of drug-likeness (QED) is 0.449. The molecule has 0 bridgehead atoms. The molecule has 2 saturated heterocycles. The highest BCUT2D eigenvalue weighted by Crippen LogP contribution is 2.41. The summed E-state index contributed by atoms with van der Waals surface area (Å²) in [6.07, 6.45) is 10.0. The van der Waals surface area contributed by atoms with Crippen LogP contribution in [0.25, 0.3) is 0 Å². The van der Waals surface area contributed by atoms with Gasteiger partial charge in [-0.3, -0.25) is 5.32 Å². The van der Waals surface area contributed by atoms with Crippen molar-refractivity contribution in [2.24, 2.45) is 17.6 Å². The molecule has 0 aromatic heterocycles. The van der Waals surface area contributed by atoms with Crippen LogP contribution in [0.2, 0.25) is 0 Å². The van der Waals surface area contributed by atoms with E-state index in [0.29, 0.717) is 6.04 Å². The van der Waals surface area contributed by atoms with Crippen molar-refractivity contribution in [3.05, 3.63) is 12.2 Å². The Labute approximate surface area is 137 Å². The zero-order chi connectivity index (χ0) is 16.0. The standard InChI is InChI=1S/C16H29N5O2/c17-15-18-16(19-21(15)10-6-2-1-3-7-10)20-13(22)11-8-4-5-9-12(11)14(20)23/h4-5,10-16,18-19,22-23H,1-3,6-9,17H2. The summed E-state index contributed by atoms with van der Waals surface area (Å²) in [4.78, 5) is 1.75. The van der Waals surface area contributed by atoms with Crippen molar-refractivity contribution in [1.29, 1.82) is 0 Å². The summed E-state index contributed by atoms with van der Waals surface area (Å²) in [6.45, 7) is 0. The number of fused-ring (bicyclic) bond motifs is 1. The van der Waals surface area contributed by atoms with Crippen LogP contribution in [-0.2, 0) is 0 Å². The number of nitrogens with two attached hydrogens (primary N) is 1. The molecular weight excluding hydrogens is 294 g/mol. The van der Waals surface area contributed by atoms with Crippen molar-refractivity contribution < 1.29 is 10.2 Å². The first-order chi connectivity index (χ1) is 11.2. The number of nitrogens with one attached hydrogen (secondary N) is 2. The number of hydrogen-bond acceptors (Lipinski definition) is 7. The molecule has 1 saturated carbocycles. The van der Waals surface area contributed by atoms with E-state index in [2.05, 4.69) is 27.9 Å². The Balaban J connectivity index is 1.46. The van der Waals surface area contributed by atoms with E-state index < -0.39 is 12.5 Å². The van der Waals surface area contributed by atoms with Gasteiger partial charge in [0.2, 0.25) is 0 Å². The third-order valence-electron chi connectivity index (χ3n) is 6.08. The summed E-state index contributed by atoms with van der Waals surface area (Å²) in [5.74, 6) is 0.192. The number of nitrogens with zero attached hydrogens (tertiary/aromatic N) is 2. The van der Waals surface area contributed by atoms with Crippen molar-refractivity contribution in [2.75, 3.05) is 0 Å². The van der Waals surface area contributed by atoms with Crippen LogP contribution in [0, 0.1) is 11.8 Å². The van der Waals surface area contributed by atoms with Gasteiger partial charge in [-0.15, -0.1) is 0 Å². The second kappa shape index (κ2) is 6.40. The lowest BCUT2D eigenvalue weighted by Gasteiger charge is -2.34. The average Bonchev–Trinajstić information content (AvgIpc) is 3.07. The van der Waals surface area contributed by atoms with Crippen molar-refractivity contribution in [3.8, 4) is 0 Å². The monoisotopic (exact) mass is 323 g/mol. The molecule has 7 heteroatoms. The number of hydrazine groups is 1. The van der Waals surface area contributed by atoms with Gasteiger partial charge in [-0.2, -0.15) is 0 Å². The third-order valence-corrected chi connectivity index (χ3v) is 6.08. The van der Waals surface area contributed by atoms with E-state index in [9.17, 15) is 10.2 Å². The Bertz CT molecular complexity index is 436. The SMILES string of the molecule is NC1NC(N2C(O)C3CC=CCC3C2O)NN1C1CCCCC1. The summed E-state index contributed by atoms with van der Waals surface area (Å²) in [5.41, 5.74) is 9.66. The van der Waals surface area contributed by atoms with Gasteiger partial charge < -0.3 is 15.9 Å². The first kappa shape index (κ1) is 16.0. The first-order valence-electron chi connectivity index (χ1n) is 9.01. The number of hydrogen-bond donors (Lipinski definition) is 5. The van der Waals surface area contributed by atoms with Crippen molar-refractivity contribution in [3.63, 3.8) is 0 Å². The summed E-state index contributed by atoms with van der Waals surface area (Å²) in [5, 5.41) is 26.8. The van der Waals surface area contributed by atoms with Crippen LogP contribution < -0.4 is 16.5 Å². The smallest absolute Gasteiger partial charge is 0.133 e. The minimum Gasteiger partial charge on any atom is -0.378 e. The maximum atomic E-state index is 10.7. The fourth-order valence-corrected chi connectivity index (χ4v) is 4.79. The summed E-state index contributed by atoms with van der Waals surface area (Å²) >= 11 is 0. The van der Waals surface area contributed by atoms with Crippen LogP contribution in [0.4, 0.5) is 0 Å². The number of rotatable bonds is 2. The van der Waals surface area contributed by atoms with Gasteiger partial charge in [-0.1, -0.05) is 31.4 Å².